The zero-order chi connectivity index (χ0) is 19.0. The molecule has 0 fully saturated rings. The molecule has 0 saturated heterocycles. The van der Waals surface area contributed by atoms with Gasteiger partial charge in [0, 0.05) is 23.6 Å². The van der Waals surface area contributed by atoms with Gasteiger partial charge in [-0.2, -0.15) is 0 Å². The molecule has 4 rings (SSSR count). The largest absolute Gasteiger partial charge is 0.345 e. The van der Waals surface area contributed by atoms with Gasteiger partial charge >= 0.3 is 0 Å². The van der Waals surface area contributed by atoms with Crippen LogP contribution in [0.5, 0.6) is 0 Å². The smallest absolute Gasteiger partial charge is 0.261 e. The zero-order valence-corrected chi connectivity index (χ0v) is 15.8. The number of benzene rings is 2. The predicted octanol–water partition coefficient (Wildman–Crippen LogP) is 3.88. The Balaban J connectivity index is 1.63. The molecule has 27 heavy (non-hydrogen) atoms. The molecule has 0 aliphatic carbocycles. The molecular weight excluding hydrogens is 362 g/mol. The van der Waals surface area contributed by atoms with Crippen LogP contribution in [-0.4, -0.2) is 15.5 Å². The molecule has 1 aliphatic heterocycles. The lowest BCUT2D eigenvalue weighted by Gasteiger charge is -2.18. The Kier molecular flexibility index (Phi) is 4.70. The Morgan fingerprint density at radius 3 is 2.78 bits per heavy atom. The summed E-state index contributed by atoms with van der Waals surface area (Å²) in [5.41, 5.74) is 2.07. The lowest BCUT2D eigenvalue weighted by Crippen LogP contribution is -2.28. The van der Waals surface area contributed by atoms with E-state index in [9.17, 15) is 9.59 Å². The number of carbonyl (C=O) groups excluding carboxylic acids is 1. The Morgan fingerprint density at radius 1 is 1.26 bits per heavy atom. The van der Waals surface area contributed by atoms with Gasteiger partial charge in [-0.25, -0.2) is 4.98 Å². The normalized spacial score (nSPS) is 14.1. The Labute approximate surface area is 162 Å². The van der Waals surface area contributed by atoms with E-state index in [0.29, 0.717) is 21.5 Å². The summed E-state index contributed by atoms with van der Waals surface area (Å²) in [6, 6.07) is 12.5. The van der Waals surface area contributed by atoms with E-state index in [1.54, 1.807) is 22.8 Å². The summed E-state index contributed by atoms with van der Waals surface area (Å²) in [6.45, 7) is 2.74. The SMILES string of the molecule is CC[C@H](NC(=O)c1ccc2c(=O)n3c(nc2c1)CCC3)c1ccc(Cl)cc1. The van der Waals surface area contributed by atoms with Gasteiger partial charge in [0.05, 0.1) is 16.9 Å². The maximum absolute atomic E-state index is 12.8. The Bertz CT molecular complexity index is 1070. The summed E-state index contributed by atoms with van der Waals surface area (Å²) in [5.74, 6) is 0.624. The van der Waals surface area contributed by atoms with Crippen LogP contribution in [-0.2, 0) is 13.0 Å². The standard InChI is InChI=1S/C21H20ClN3O2/c1-2-17(13-5-8-15(22)9-6-13)24-20(26)14-7-10-16-18(12-14)23-19-4-3-11-25(19)21(16)27/h5-10,12,17H,2-4,11H2,1H3,(H,24,26)/t17-/m0/s1. The second-order valence-electron chi connectivity index (χ2n) is 6.81. The molecule has 3 aromatic rings. The van der Waals surface area contributed by atoms with Crippen molar-refractivity contribution in [3.05, 3.63) is 74.8 Å². The lowest BCUT2D eigenvalue weighted by atomic mass is 10.0. The molecule has 1 aromatic heterocycles. The number of halogens is 1. The van der Waals surface area contributed by atoms with Crippen molar-refractivity contribution in [1.82, 2.24) is 14.9 Å². The highest BCUT2D eigenvalue weighted by Gasteiger charge is 2.18. The van der Waals surface area contributed by atoms with Crippen molar-refractivity contribution in [3.63, 3.8) is 0 Å². The second kappa shape index (κ2) is 7.16. The van der Waals surface area contributed by atoms with Crippen LogP contribution in [0.2, 0.25) is 5.02 Å². The fraction of sp³-hybridized carbons (Fsp3) is 0.286. The Hall–Kier alpha value is -2.66. The number of nitrogens with zero attached hydrogens (tertiary/aromatic N) is 2. The van der Waals surface area contributed by atoms with Crippen molar-refractivity contribution in [2.24, 2.45) is 0 Å². The van der Waals surface area contributed by atoms with Gasteiger partial charge in [0.2, 0.25) is 0 Å². The highest BCUT2D eigenvalue weighted by molar-refractivity contribution is 6.30. The van der Waals surface area contributed by atoms with Crippen LogP contribution in [0.25, 0.3) is 10.9 Å². The minimum absolute atomic E-state index is 0.0212. The molecule has 1 amide bonds. The van der Waals surface area contributed by atoms with E-state index >= 15 is 0 Å². The van der Waals surface area contributed by atoms with Crippen molar-refractivity contribution in [3.8, 4) is 0 Å². The number of hydrogen-bond donors (Lipinski definition) is 1. The quantitative estimate of drug-likeness (QED) is 0.746. The van der Waals surface area contributed by atoms with Gasteiger partial charge in [0.15, 0.2) is 0 Å². The second-order valence-corrected chi connectivity index (χ2v) is 7.24. The Morgan fingerprint density at radius 2 is 2.04 bits per heavy atom. The summed E-state index contributed by atoms with van der Waals surface area (Å²) >= 11 is 5.95. The first-order chi connectivity index (χ1) is 13.1. The van der Waals surface area contributed by atoms with Crippen molar-refractivity contribution >= 4 is 28.4 Å². The van der Waals surface area contributed by atoms with Gasteiger partial charge in [-0.1, -0.05) is 30.7 Å². The van der Waals surface area contributed by atoms with Crippen LogP contribution in [0.3, 0.4) is 0 Å². The first kappa shape index (κ1) is 17.7. The van der Waals surface area contributed by atoms with Crippen LogP contribution in [0.4, 0.5) is 0 Å². The van der Waals surface area contributed by atoms with Crippen molar-refractivity contribution in [1.29, 1.82) is 0 Å². The number of fused-ring (bicyclic) bond motifs is 2. The summed E-state index contributed by atoms with van der Waals surface area (Å²) in [5, 5.41) is 4.28. The van der Waals surface area contributed by atoms with Crippen molar-refractivity contribution in [2.75, 3.05) is 0 Å². The molecule has 5 nitrogen and oxygen atoms in total. The zero-order valence-electron chi connectivity index (χ0n) is 15.0. The van der Waals surface area contributed by atoms with E-state index in [2.05, 4.69) is 10.3 Å². The number of aryl methyl sites for hydroxylation is 1. The molecule has 0 saturated carbocycles. The number of carbonyl (C=O) groups is 1. The van der Waals surface area contributed by atoms with E-state index in [1.807, 2.05) is 31.2 Å². The molecule has 0 radical (unpaired) electrons. The third-order valence-electron chi connectivity index (χ3n) is 5.06. The topological polar surface area (TPSA) is 64.0 Å². The van der Waals surface area contributed by atoms with Crippen LogP contribution < -0.4 is 10.9 Å². The molecule has 0 bridgehead atoms. The van der Waals surface area contributed by atoms with E-state index < -0.39 is 0 Å². The van der Waals surface area contributed by atoms with Crippen molar-refractivity contribution in [2.45, 2.75) is 38.8 Å². The average Bonchev–Trinajstić information content (AvgIpc) is 3.15. The third kappa shape index (κ3) is 3.35. The van der Waals surface area contributed by atoms with E-state index in [-0.39, 0.29) is 17.5 Å². The monoisotopic (exact) mass is 381 g/mol. The summed E-state index contributed by atoms with van der Waals surface area (Å²) < 4.78 is 1.73. The minimum atomic E-state index is -0.180. The first-order valence-corrected chi connectivity index (χ1v) is 9.54. The van der Waals surface area contributed by atoms with Crippen LogP contribution in [0.15, 0.2) is 47.3 Å². The van der Waals surface area contributed by atoms with Crippen LogP contribution in [0, 0.1) is 0 Å². The number of amides is 1. The molecule has 1 N–H and O–H groups in total. The van der Waals surface area contributed by atoms with Gasteiger partial charge in [-0.3, -0.25) is 14.2 Å². The summed E-state index contributed by atoms with van der Waals surface area (Å²) in [6.07, 6.45) is 2.50. The average molecular weight is 382 g/mol. The number of aromatic nitrogens is 2. The molecular formula is C21H20ClN3O2. The van der Waals surface area contributed by atoms with E-state index in [0.717, 1.165) is 37.2 Å². The minimum Gasteiger partial charge on any atom is -0.345 e. The van der Waals surface area contributed by atoms with E-state index in [4.69, 9.17) is 11.6 Å². The maximum atomic E-state index is 12.8. The van der Waals surface area contributed by atoms with Crippen LogP contribution >= 0.6 is 11.6 Å². The highest BCUT2D eigenvalue weighted by Crippen LogP contribution is 2.21. The summed E-state index contributed by atoms with van der Waals surface area (Å²) in [4.78, 5) is 29.9. The predicted molar refractivity (Wildman–Crippen MR) is 106 cm³/mol. The molecule has 1 aliphatic rings. The molecule has 6 heteroatoms. The van der Waals surface area contributed by atoms with Gasteiger partial charge in [0.25, 0.3) is 11.5 Å². The first-order valence-electron chi connectivity index (χ1n) is 9.16. The van der Waals surface area contributed by atoms with Gasteiger partial charge < -0.3 is 5.32 Å². The van der Waals surface area contributed by atoms with Crippen molar-refractivity contribution < 1.29 is 4.79 Å². The summed E-state index contributed by atoms with van der Waals surface area (Å²) in [7, 11) is 0. The van der Waals surface area contributed by atoms with E-state index in [1.165, 1.54) is 0 Å². The molecule has 0 spiro atoms. The molecule has 138 valence electrons. The van der Waals surface area contributed by atoms with Gasteiger partial charge in [0.1, 0.15) is 5.82 Å². The number of nitrogens with one attached hydrogen (secondary N) is 1. The molecule has 2 heterocycles. The third-order valence-corrected chi connectivity index (χ3v) is 5.32. The fourth-order valence-corrected chi connectivity index (χ4v) is 3.71. The van der Waals surface area contributed by atoms with Crippen LogP contribution in [0.1, 0.15) is 47.6 Å². The highest BCUT2D eigenvalue weighted by atomic mass is 35.5. The fourth-order valence-electron chi connectivity index (χ4n) is 3.58. The van der Waals surface area contributed by atoms with Gasteiger partial charge in [-0.05, 0) is 48.7 Å². The molecule has 0 unspecified atom stereocenters. The lowest BCUT2D eigenvalue weighted by molar-refractivity contribution is 0.0935. The molecule has 2 aromatic carbocycles. The van der Waals surface area contributed by atoms with Gasteiger partial charge in [-0.15, -0.1) is 0 Å². The number of hydrogen-bond acceptors (Lipinski definition) is 3. The molecule has 1 atom stereocenters. The maximum Gasteiger partial charge on any atom is 0.261 e. The number of rotatable bonds is 4.